The Balaban J connectivity index is 1.45. The van der Waals surface area contributed by atoms with Gasteiger partial charge in [0.2, 0.25) is 10.0 Å². The first-order valence-corrected chi connectivity index (χ1v) is 12.5. The lowest BCUT2D eigenvalue weighted by molar-refractivity contribution is 0.0993. The molecule has 0 bridgehead atoms. The smallest absolute Gasteiger partial charge is 0.291 e. The van der Waals surface area contributed by atoms with Gasteiger partial charge in [0, 0.05) is 30.0 Å². The third kappa shape index (κ3) is 5.21. The van der Waals surface area contributed by atoms with Crippen molar-refractivity contribution in [1.82, 2.24) is 4.31 Å². The van der Waals surface area contributed by atoms with Crippen LogP contribution in [-0.4, -0.2) is 37.6 Å². The number of hydrogen-bond acceptors (Lipinski definition) is 5. The van der Waals surface area contributed by atoms with Crippen LogP contribution in [-0.2, 0) is 10.0 Å². The summed E-state index contributed by atoms with van der Waals surface area (Å²) in [5.74, 6) is -0.284. The summed E-state index contributed by atoms with van der Waals surface area (Å²) in [7, 11) is -3.56. The van der Waals surface area contributed by atoms with E-state index in [1.165, 1.54) is 22.7 Å². The highest BCUT2D eigenvalue weighted by molar-refractivity contribution is 7.89. The predicted molar refractivity (Wildman–Crippen MR) is 129 cm³/mol. The second-order valence-corrected chi connectivity index (χ2v) is 10.5. The van der Waals surface area contributed by atoms with Gasteiger partial charge in [-0.25, -0.2) is 8.42 Å². The van der Waals surface area contributed by atoms with Gasteiger partial charge in [-0.05, 0) is 79.8 Å². The molecule has 1 aromatic heterocycles. The van der Waals surface area contributed by atoms with Crippen LogP contribution in [0.15, 0.2) is 70.2 Å². The number of sulfonamides is 1. The molecule has 2 heterocycles. The van der Waals surface area contributed by atoms with E-state index in [2.05, 4.69) is 17.6 Å². The number of anilines is 2. The Kier molecular flexibility index (Phi) is 6.85. The van der Waals surface area contributed by atoms with Crippen LogP contribution < -0.4 is 10.6 Å². The van der Waals surface area contributed by atoms with Gasteiger partial charge in [0.15, 0.2) is 5.76 Å². The molecule has 1 fully saturated rings. The Morgan fingerprint density at radius 3 is 2.47 bits per heavy atom. The van der Waals surface area contributed by atoms with E-state index in [-0.39, 0.29) is 16.6 Å². The average Bonchev–Trinajstić information content (AvgIpc) is 3.36. The largest absolute Gasteiger partial charge is 0.459 e. The zero-order valence-corrected chi connectivity index (χ0v) is 19.9. The van der Waals surface area contributed by atoms with Crippen molar-refractivity contribution in [3.63, 3.8) is 0 Å². The Labute approximate surface area is 199 Å². The fraction of sp³-hybridized carbons (Fsp3) is 0.280. The molecule has 0 radical (unpaired) electrons. The maximum atomic E-state index is 12.9. The Morgan fingerprint density at radius 1 is 1.03 bits per heavy atom. The highest BCUT2D eigenvalue weighted by Gasteiger charge is 2.28. The van der Waals surface area contributed by atoms with Gasteiger partial charge in [-0.2, -0.15) is 4.31 Å². The molecule has 3 aromatic rings. The topological polar surface area (TPSA) is 109 Å². The molecule has 9 heteroatoms. The summed E-state index contributed by atoms with van der Waals surface area (Å²) in [4.78, 5) is 25.3. The van der Waals surface area contributed by atoms with E-state index in [0.29, 0.717) is 35.9 Å². The summed E-state index contributed by atoms with van der Waals surface area (Å²) >= 11 is 0. The fourth-order valence-electron chi connectivity index (χ4n) is 3.92. The van der Waals surface area contributed by atoms with Crippen LogP contribution in [0.3, 0.4) is 0 Å². The van der Waals surface area contributed by atoms with Gasteiger partial charge < -0.3 is 15.1 Å². The molecule has 1 aliphatic heterocycles. The summed E-state index contributed by atoms with van der Waals surface area (Å²) < 4.78 is 32.5. The molecule has 2 N–H and O–H groups in total. The number of aryl methyl sites for hydroxylation is 1. The standard InChI is InChI=1S/C25H27N3O5S/c1-17-5-3-13-28(16-17)34(31,32)21-11-9-20(10-12-21)26-24(29)19-8-7-18(2)22(15-19)27-25(30)23-6-4-14-33-23/h4,6-12,14-15,17H,3,5,13,16H2,1-2H3,(H,26,29)(H,27,30)/t17-/m0/s1. The molecule has 0 spiro atoms. The van der Waals surface area contributed by atoms with Crippen LogP contribution in [0.1, 0.15) is 46.2 Å². The molecule has 34 heavy (non-hydrogen) atoms. The third-order valence-corrected chi connectivity index (χ3v) is 7.74. The zero-order valence-electron chi connectivity index (χ0n) is 19.1. The molecular weight excluding hydrogens is 454 g/mol. The van der Waals surface area contributed by atoms with Crippen molar-refractivity contribution in [2.24, 2.45) is 5.92 Å². The van der Waals surface area contributed by atoms with Crippen LogP contribution >= 0.6 is 0 Å². The second-order valence-electron chi connectivity index (χ2n) is 8.55. The molecule has 1 atom stereocenters. The van der Waals surface area contributed by atoms with Gasteiger partial charge in [0.25, 0.3) is 11.8 Å². The second kappa shape index (κ2) is 9.82. The molecule has 4 rings (SSSR count). The van der Waals surface area contributed by atoms with Crippen molar-refractivity contribution in [1.29, 1.82) is 0 Å². The molecule has 178 valence electrons. The van der Waals surface area contributed by atoms with Gasteiger partial charge in [0.05, 0.1) is 11.2 Å². The lowest BCUT2D eigenvalue weighted by Gasteiger charge is -2.30. The number of nitrogens with one attached hydrogen (secondary N) is 2. The number of carbonyl (C=O) groups is 2. The summed E-state index contributed by atoms with van der Waals surface area (Å²) in [6.45, 7) is 4.92. The quantitative estimate of drug-likeness (QED) is 0.538. The van der Waals surface area contributed by atoms with Gasteiger partial charge in [-0.1, -0.05) is 13.0 Å². The summed E-state index contributed by atoms with van der Waals surface area (Å²) in [5, 5.41) is 5.52. The molecule has 1 aliphatic rings. The number of amides is 2. The summed E-state index contributed by atoms with van der Waals surface area (Å²) in [6, 6.07) is 14.3. The number of nitrogens with zero attached hydrogens (tertiary/aromatic N) is 1. The number of furan rings is 1. The van der Waals surface area contributed by atoms with Gasteiger partial charge in [0.1, 0.15) is 0 Å². The molecule has 2 amide bonds. The number of hydrogen-bond donors (Lipinski definition) is 2. The minimum Gasteiger partial charge on any atom is -0.459 e. The van der Waals surface area contributed by atoms with Crippen molar-refractivity contribution in [2.75, 3.05) is 23.7 Å². The number of piperidine rings is 1. The molecule has 2 aromatic carbocycles. The van der Waals surface area contributed by atoms with E-state index < -0.39 is 15.9 Å². The maximum absolute atomic E-state index is 12.9. The van der Waals surface area contributed by atoms with E-state index in [9.17, 15) is 18.0 Å². The van der Waals surface area contributed by atoms with Crippen LogP contribution in [0.5, 0.6) is 0 Å². The van der Waals surface area contributed by atoms with Crippen molar-refractivity contribution in [2.45, 2.75) is 31.6 Å². The molecular formula is C25H27N3O5S. The Hall–Kier alpha value is -3.43. The van der Waals surface area contributed by atoms with Crippen LogP contribution in [0.4, 0.5) is 11.4 Å². The molecule has 0 aliphatic carbocycles. The first-order chi connectivity index (χ1) is 16.2. The zero-order chi connectivity index (χ0) is 24.3. The van der Waals surface area contributed by atoms with Crippen LogP contribution in [0.2, 0.25) is 0 Å². The Morgan fingerprint density at radius 2 is 1.79 bits per heavy atom. The first-order valence-electron chi connectivity index (χ1n) is 11.1. The van der Waals surface area contributed by atoms with Crippen molar-refractivity contribution < 1.29 is 22.4 Å². The van der Waals surface area contributed by atoms with Crippen LogP contribution in [0.25, 0.3) is 0 Å². The van der Waals surface area contributed by atoms with Gasteiger partial charge in [-0.3, -0.25) is 9.59 Å². The van der Waals surface area contributed by atoms with Gasteiger partial charge >= 0.3 is 0 Å². The van der Waals surface area contributed by atoms with Crippen molar-refractivity contribution >= 4 is 33.2 Å². The molecule has 1 saturated heterocycles. The lowest BCUT2D eigenvalue weighted by atomic mass is 10.0. The molecule has 8 nitrogen and oxygen atoms in total. The predicted octanol–water partition coefficient (Wildman–Crippen LogP) is 4.51. The maximum Gasteiger partial charge on any atom is 0.291 e. The van der Waals surface area contributed by atoms with Gasteiger partial charge in [-0.15, -0.1) is 0 Å². The summed E-state index contributed by atoms with van der Waals surface area (Å²) in [5.41, 5.74) is 2.10. The van der Waals surface area contributed by atoms with E-state index in [4.69, 9.17) is 4.42 Å². The van der Waals surface area contributed by atoms with Crippen molar-refractivity contribution in [3.05, 3.63) is 77.7 Å². The average molecular weight is 482 g/mol. The van der Waals surface area contributed by atoms with E-state index in [0.717, 1.165) is 18.4 Å². The molecule has 0 unspecified atom stereocenters. The monoisotopic (exact) mass is 481 g/mol. The van der Waals surface area contributed by atoms with Crippen molar-refractivity contribution in [3.8, 4) is 0 Å². The number of rotatable bonds is 6. The summed E-state index contributed by atoms with van der Waals surface area (Å²) in [6.07, 6.45) is 3.30. The van der Waals surface area contributed by atoms with E-state index in [1.54, 1.807) is 42.5 Å². The minimum atomic E-state index is -3.56. The lowest BCUT2D eigenvalue weighted by Crippen LogP contribution is -2.39. The third-order valence-electron chi connectivity index (χ3n) is 5.86. The highest BCUT2D eigenvalue weighted by atomic mass is 32.2. The highest BCUT2D eigenvalue weighted by Crippen LogP contribution is 2.25. The fourth-order valence-corrected chi connectivity index (χ4v) is 5.52. The first kappa shape index (κ1) is 23.7. The van der Waals surface area contributed by atoms with E-state index in [1.807, 2.05) is 6.92 Å². The number of carbonyl (C=O) groups excluding carboxylic acids is 2. The van der Waals surface area contributed by atoms with E-state index >= 15 is 0 Å². The normalized spacial score (nSPS) is 16.7. The van der Waals surface area contributed by atoms with Crippen LogP contribution in [0, 0.1) is 12.8 Å². The minimum absolute atomic E-state index is 0.170. The molecule has 0 saturated carbocycles. The Bertz CT molecular complexity index is 1280. The number of benzene rings is 2. The SMILES string of the molecule is Cc1ccc(C(=O)Nc2ccc(S(=O)(=O)N3CCC[C@H](C)C3)cc2)cc1NC(=O)c1ccco1.